The quantitative estimate of drug-likeness (QED) is 0.246. The summed E-state index contributed by atoms with van der Waals surface area (Å²) < 4.78 is 24.9. The van der Waals surface area contributed by atoms with Crippen molar-refractivity contribution in [2.45, 2.75) is 13.8 Å². The van der Waals surface area contributed by atoms with Gasteiger partial charge in [-0.1, -0.05) is 18.2 Å². The number of amides is 3. The zero-order valence-electron chi connectivity index (χ0n) is 19.1. The fraction of sp³-hybridized carbons (Fsp3) is 0.160. The highest BCUT2D eigenvalue weighted by Gasteiger charge is 2.13. The van der Waals surface area contributed by atoms with E-state index in [0.717, 1.165) is 5.56 Å². The fourth-order valence-electron chi connectivity index (χ4n) is 2.93. The van der Waals surface area contributed by atoms with Gasteiger partial charge in [-0.05, 0) is 77.8 Å². The van der Waals surface area contributed by atoms with Crippen molar-refractivity contribution in [2.24, 2.45) is 5.10 Å². The van der Waals surface area contributed by atoms with Crippen LogP contribution in [0.2, 0.25) is 0 Å². The van der Waals surface area contributed by atoms with Crippen LogP contribution in [-0.4, -0.2) is 31.4 Å². The Hall–Kier alpha value is -3.92. The lowest BCUT2D eigenvalue weighted by molar-refractivity contribution is -0.118. The molecule has 3 aromatic rings. The third-order valence-corrected chi connectivity index (χ3v) is 5.30. The summed E-state index contributed by atoms with van der Waals surface area (Å²) in [4.78, 5) is 24.3. The van der Waals surface area contributed by atoms with E-state index in [4.69, 9.17) is 9.47 Å². The van der Waals surface area contributed by atoms with Crippen molar-refractivity contribution in [2.75, 3.05) is 23.8 Å². The van der Waals surface area contributed by atoms with Crippen LogP contribution in [-0.2, 0) is 4.79 Å². The molecule has 0 aliphatic heterocycles. The molecule has 0 aliphatic carbocycles. The highest BCUT2D eigenvalue weighted by atomic mass is 79.9. The Morgan fingerprint density at radius 3 is 2.46 bits per heavy atom. The number of hydrogen-bond acceptors (Lipinski definition) is 5. The molecule has 8 nitrogen and oxygen atoms in total. The summed E-state index contributed by atoms with van der Waals surface area (Å²) in [7, 11) is 0. The lowest BCUT2D eigenvalue weighted by Gasteiger charge is -2.14. The van der Waals surface area contributed by atoms with E-state index in [9.17, 15) is 14.0 Å². The van der Waals surface area contributed by atoms with Gasteiger partial charge in [-0.3, -0.25) is 4.79 Å². The number of halogens is 2. The van der Waals surface area contributed by atoms with Crippen molar-refractivity contribution < 1.29 is 23.5 Å². The number of rotatable bonds is 9. The number of hydrogen-bond donors (Lipinski definition) is 3. The summed E-state index contributed by atoms with van der Waals surface area (Å²) in [5.74, 6) is -0.0626. The third-order valence-electron chi connectivity index (χ3n) is 4.61. The largest absolute Gasteiger partial charge is 0.490 e. The number of aryl methyl sites for hydroxylation is 1. The van der Waals surface area contributed by atoms with Crippen molar-refractivity contribution in [3.05, 3.63) is 82.1 Å². The molecule has 0 aliphatic rings. The summed E-state index contributed by atoms with van der Waals surface area (Å²) in [5.41, 5.74) is 5.10. The number of ether oxygens (including phenoxy) is 2. The lowest BCUT2D eigenvalue weighted by atomic mass is 10.2. The number of anilines is 2. The number of hydrazone groups is 1. The first-order valence-electron chi connectivity index (χ1n) is 10.7. The summed E-state index contributed by atoms with van der Waals surface area (Å²) in [6.07, 6.45) is 1.45. The molecule has 3 aromatic carbocycles. The Labute approximate surface area is 210 Å². The average Bonchev–Trinajstić information content (AvgIpc) is 2.83. The zero-order chi connectivity index (χ0) is 25.2. The standard InChI is InChI=1S/C25H24BrFN4O4/c1-3-34-22-12-17(14-28-31-25(33)30-21-7-5-4-6-16(21)2)20(26)13-23(22)35-15-24(32)29-19-10-8-18(27)9-11-19/h4-14H,3,15H2,1-2H3,(H,29,32)(H2,30,31,33). The van der Waals surface area contributed by atoms with E-state index in [1.54, 1.807) is 18.2 Å². The molecule has 0 spiro atoms. The average molecular weight is 543 g/mol. The van der Waals surface area contributed by atoms with Gasteiger partial charge in [-0.15, -0.1) is 0 Å². The lowest BCUT2D eigenvalue weighted by Crippen LogP contribution is -2.24. The second-order valence-corrected chi connectivity index (χ2v) is 8.09. The van der Waals surface area contributed by atoms with Crippen LogP contribution < -0.4 is 25.5 Å². The summed E-state index contributed by atoms with van der Waals surface area (Å²) in [6.45, 7) is 3.80. The molecule has 0 atom stereocenters. The van der Waals surface area contributed by atoms with Crippen molar-refractivity contribution >= 4 is 45.5 Å². The van der Waals surface area contributed by atoms with Crippen LogP contribution in [0.25, 0.3) is 0 Å². The van der Waals surface area contributed by atoms with Gasteiger partial charge < -0.3 is 20.1 Å². The van der Waals surface area contributed by atoms with Crippen LogP contribution in [0, 0.1) is 12.7 Å². The van der Waals surface area contributed by atoms with E-state index in [1.807, 2.05) is 32.0 Å². The first kappa shape index (κ1) is 25.7. The Morgan fingerprint density at radius 1 is 1.03 bits per heavy atom. The zero-order valence-corrected chi connectivity index (χ0v) is 20.7. The van der Waals surface area contributed by atoms with Gasteiger partial charge >= 0.3 is 6.03 Å². The van der Waals surface area contributed by atoms with Gasteiger partial charge in [0.1, 0.15) is 5.82 Å². The van der Waals surface area contributed by atoms with Gasteiger partial charge in [0, 0.05) is 21.4 Å². The number of urea groups is 1. The fourth-order valence-corrected chi connectivity index (χ4v) is 3.35. The van der Waals surface area contributed by atoms with Gasteiger partial charge in [-0.2, -0.15) is 5.10 Å². The normalized spacial score (nSPS) is 10.6. The molecule has 0 saturated heterocycles. The molecule has 0 saturated carbocycles. The highest BCUT2D eigenvalue weighted by molar-refractivity contribution is 9.10. The Morgan fingerprint density at radius 2 is 1.74 bits per heavy atom. The summed E-state index contributed by atoms with van der Waals surface area (Å²) in [5, 5.41) is 9.33. The maximum absolute atomic E-state index is 13.0. The smallest absolute Gasteiger partial charge is 0.339 e. The van der Waals surface area contributed by atoms with E-state index >= 15 is 0 Å². The molecule has 10 heteroatoms. The number of para-hydroxylation sites is 1. The van der Waals surface area contributed by atoms with Crippen LogP contribution in [0.4, 0.5) is 20.6 Å². The van der Waals surface area contributed by atoms with Gasteiger partial charge in [-0.25, -0.2) is 14.6 Å². The molecule has 0 fully saturated rings. The molecular formula is C25H24BrFN4O4. The molecule has 0 bridgehead atoms. The van der Waals surface area contributed by atoms with Gasteiger partial charge in [0.2, 0.25) is 0 Å². The summed E-state index contributed by atoms with van der Waals surface area (Å²) >= 11 is 3.44. The van der Waals surface area contributed by atoms with Gasteiger partial charge in [0.05, 0.1) is 12.8 Å². The molecule has 0 radical (unpaired) electrons. The van der Waals surface area contributed by atoms with E-state index in [-0.39, 0.29) is 6.61 Å². The van der Waals surface area contributed by atoms with Crippen molar-refractivity contribution in [1.29, 1.82) is 0 Å². The number of nitrogens with zero attached hydrogens (tertiary/aromatic N) is 1. The van der Waals surface area contributed by atoms with Crippen LogP contribution in [0.3, 0.4) is 0 Å². The number of nitrogens with one attached hydrogen (secondary N) is 3. The first-order valence-corrected chi connectivity index (χ1v) is 11.4. The van der Waals surface area contributed by atoms with Crippen molar-refractivity contribution in [3.8, 4) is 11.5 Å². The van der Waals surface area contributed by atoms with Crippen molar-refractivity contribution in [3.63, 3.8) is 0 Å². The van der Waals surface area contributed by atoms with Gasteiger partial charge in [0.15, 0.2) is 18.1 Å². The molecule has 0 aromatic heterocycles. The Bertz CT molecular complexity index is 1220. The molecular weight excluding hydrogens is 519 g/mol. The topological polar surface area (TPSA) is 101 Å². The second kappa shape index (κ2) is 12.5. The predicted molar refractivity (Wildman–Crippen MR) is 137 cm³/mol. The van der Waals surface area contributed by atoms with Crippen LogP contribution in [0.5, 0.6) is 11.5 Å². The molecule has 0 unspecified atom stereocenters. The van der Waals surface area contributed by atoms with Crippen molar-refractivity contribution in [1.82, 2.24) is 5.43 Å². The molecule has 3 amide bonds. The molecule has 35 heavy (non-hydrogen) atoms. The molecule has 0 heterocycles. The maximum Gasteiger partial charge on any atom is 0.339 e. The van der Waals surface area contributed by atoms with E-state index in [0.29, 0.717) is 39.5 Å². The van der Waals surface area contributed by atoms with Crippen LogP contribution in [0.1, 0.15) is 18.1 Å². The molecule has 3 N–H and O–H groups in total. The predicted octanol–water partition coefficient (Wildman–Crippen LogP) is 5.47. The maximum atomic E-state index is 13.0. The van der Waals surface area contributed by atoms with E-state index in [2.05, 4.69) is 37.1 Å². The monoisotopic (exact) mass is 542 g/mol. The van der Waals surface area contributed by atoms with Gasteiger partial charge in [0.25, 0.3) is 5.91 Å². The Balaban J connectivity index is 1.62. The minimum atomic E-state index is -0.483. The SMILES string of the molecule is CCOc1cc(C=NNC(=O)Nc2ccccc2C)c(Br)cc1OCC(=O)Nc1ccc(F)cc1. The van der Waals surface area contributed by atoms with Crippen LogP contribution >= 0.6 is 15.9 Å². The van der Waals surface area contributed by atoms with E-state index < -0.39 is 17.8 Å². The molecule has 3 rings (SSSR count). The Kier molecular flexibility index (Phi) is 9.19. The van der Waals surface area contributed by atoms with E-state index in [1.165, 1.54) is 30.5 Å². The number of carbonyl (C=O) groups excluding carboxylic acids is 2. The minimum absolute atomic E-state index is 0.280. The minimum Gasteiger partial charge on any atom is -0.490 e. The second-order valence-electron chi connectivity index (χ2n) is 7.24. The summed E-state index contributed by atoms with van der Waals surface area (Å²) in [6, 6.07) is 15.6. The third kappa shape index (κ3) is 7.82. The van der Waals surface area contributed by atoms with Crippen LogP contribution in [0.15, 0.2) is 70.2 Å². The number of benzene rings is 3. The highest BCUT2D eigenvalue weighted by Crippen LogP contribution is 2.33. The first-order chi connectivity index (χ1) is 16.9. The number of carbonyl (C=O) groups is 2. The molecule has 182 valence electrons.